The van der Waals surface area contributed by atoms with Crippen LogP contribution in [-0.2, 0) is 14.3 Å². The first-order valence-electron chi connectivity index (χ1n) is 11.7. The molecule has 0 saturated carbocycles. The smallest absolute Gasteiger partial charge is 0.338 e. The Bertz CT molecular complexity index is 1310. The zero-order chi connectivity index (χ0) is 26.4. The second-order valence-electron chi connectivity index (χ2n) is 8.34. The van der Waals surface area contributed by atoms with Crippen LogP contribution >= 0.6 is 0 Å². The van der Waals surface area contributed by atoms with Crippen molar-refractivity contribution in [3.8, 4) is 11.5 Å². The van der Waals surface area contributed by atoms with Gasteiger partial charge in [-0.15, -0.1) is 0 Å². The first kappa shape index (κ1) is 25.6. The fourth-order valence-corrected chi connectivity index (χ4v) is 3.74. The third-order valence-electron chi connectivity index (χ3n) is 5.69. The van der Waals surface area contributed by atoms with Gasteiger partial charge in [0.15, 0.2) is 6.10 Å². The Labute approximate surface area is 213 Å². The number of rotatable bonds is 10. The van der Waals surface area contributed by atoms with E-state index in [1.54, 1.807) is 31.4 Å². The number of imide groups is 1. The van der Waals surface area contributed by atoms with Crippen LogP contribution in [0.3, 0.4) is 0 Å². The molecule has 37 heavy (non-hydrogen) atoms. The van der Waals surface area contributed by atoms with Crippen LogP contribution in [0.15, 0.2) is 72.8 Å². The van der Waals surface area contributed by atoms with Crippen LogP contribution in [0, 0.1) is 0 Å². The summed E-state index contributed by atoms with van der Waals surface area (Å²) in [6.45, 7) is 2.08. The summed E-state index contributed by atoms with van der Waals surface area (Å²) in [5, 5.41) is 2.69. The Hall–Kier alpha value is -4.50. The van der Waals surface area contributed by atoms with E-state index in [0.717, 1.165) is 4.90 Å². The van der Waals surface area contributed by atoms with Gasteiger partial charge in [-0.3, -0.25) is 19.3 Å². The lowest BCUT2D eigenvalue weighted by Gasteiger charge is -2.14. The monoisotopic (exact) mass is 502 g/mol. The highest BCUT2D eigenvalue weighted by Gasteiger charge is 2.36. The molecule has 4 rings (SSSR count). The molecule has 190 valence electrons. The van der Waals surface area contributed by atoms with Crippen molar-refractivity contribution in [3.05, 3.63) is 89.5 Å². The van der Waals surface area contributed by atoms with E-state index in [9.17, 15) is 19.2 Å². The van der Waals surface area contributed by atoms with Crippen molar-refractivity contribution in [2.45, 2.75) is 19.4 Å². The standard InChI is InChI=1S/C28H26N2O7/c1-18(25(31)29-20-10-12-22(13-11-20)37-21-7-4-3-5-8-21)36-28(34)19-9-14-23-24(17-19)27(33)30(26(23)32)15-6-16-35-2/h3-5,7-14,17-18H,6,15-16H2,1-2H3,(H,29,31)/t18-/m1/s1. The van der Waals surface area contributed by atoms with E-state index < -0.39 is 29.8 Å². The molecule has 3 amide bonds. The predicted molar refractivity (Wildman–Crippen MR) is 135 cm³/mol. The number of carbonyl (C=O) groups excluding carboxylic acids is 4. The fraction of sp³-hybridized carbons (Fsp3) is 0.214. The maximum absolute atomic E-state index is 12.7. The van der Waals surface area contributed by atoms with Crippen LogP contribution in [0.2, 0.25) is 0 Å². The van der Waals surface area contributed by atoms with Crippen LogP contribution in [0.25, 0.3) is 0 Å². The lowest BCUT2D eigenvalue weighted by molar-refractivity contribution is -0.123. The molecule has 0 radical (unpaired) electrons. The van der Waals surface area contributed by atoms with Gasteiger partial charge in [0.1, 0.15) is 11.5 Å². The number of esters is 1. The van der Waals surface area contributed by atoms with Crippen molar-refractivity contribution in [1.82, 2.24) is 4.90 Å². The Morgan fingerprint density at radius 1 is 0.892 bits per heavy atom. The zero-order valence-corrected chi connectivity index (χ0v) is 20.4. The van der Waals surface area contributed by atoms with Crippen molar-refractivity contribution >= 4 is 29.4 Å². The molecule has 0 unspecified atom stereocenters. The average molecular weight is 503 g/mol. The van der Waals surface area contributed by atoms with E-state index in [-0.39, 0.29) is 23.2 Å². The molecular formula is C28H26N2O7. The number of benzene rings is 3. The number of hydrogen-bond donors (Lipinski definition) is 1. The molecule has 1 aliphatic heterocycles. The van der Waals surface area contributed by atoms with E-state index in [0.29, 0.717) is 30.2 Å². The van der Waals surface area contributed by atoms with Crippen LogP contribution < -0.4 is 10.1 Å². The van der Waals surface area contributed by atoms with Crippen molar-refractivity contribution in [2.24, 2.45) is 0 Å². The summed E-state index contributed by atoms with van der Waals surface area (Å²) in [4.78, 5) is 51.6. The molecule has 3 aromatic carbocycles. The topological polar surface area (TPSA) is 111 Å². The van der Waals surface area contributed by atoms with E-state index in [4.69, 9.17) is 14.2 Å². The lowest BCUT2D eigenvalue weighted by Crippen LogP contribution is -2.31. The van der Waals surface area contributed by atoms with Crippen LogP contribution in [-0.4, -0.2) is 55.0 Å². The minimum atomic E-state index is -1.11. The summed E-state index contributed by atoms with van der Waals surface area (Å²) >= 11 is 0. The summed E-state index contributed by atoms with van der Waals surface area (Å²) in [5.41, 5.74) is 0.931. The van der Waals surface area contributed by atoms with Gasteiger partial charge >= 0.3 is 5.97 Å². The number of methoxy groups -OCH3 is 1. The second kappa shape index (κ2) is 11.5. The maximum atomic E-state index is 12.7. The molecule has 0 spiro atoms. The highest BCUT2D eigenvalue weighted by molar-refractivity contribution is 6.22. The molecule has 9 nitrogen and oxygen atoms in total. The predicted octanol–water partition coefficient (Wildman–Crippen LogP) is 4.30. The van der Waals surface area contributed by atoms with E-state index in [1.165, 1.54) is 25.1 Å². The largest absolute Gasteiger partial charge is 0.457 e. The third kappa shape index (κ3) is 6.02. The van der Waals surface area contributed by atoms with Gasteiger partial charge in [0.2, 0.25) is 0 Å². The highest BCUT2D eigenvalue weighted by Crippen LogP contribution is 2.25. The molecule has 0 aromatic heterocycles. The molecule has 1 heterocycles. The van der Waals surface area contributed by atoms with Gasteiger partial charge in [-0.25, -0.2) is 4.79 Å². The van der Waals surface area contributed by atoms with Gasteiger partial charge in [0.05, 0.1) is 16.7 Å². The molecule has 1 atom stereocenters. The molecule has 0 fully saturated rings. The van der Waals surface area contributed by atoms with Crippen molar-refractivity contribution in [1.29, 1.82) is 0 Å². The highest BCUT2D eigenvalue weighted by atomic mass is 16.5. The fourth-order valence-electron chi connectivity index (χ4n) is 3.74. The first-order valence-corrected chi connectivity index (χ1v) is 11.7. The summed E-state index contributed by atoms with van der Waals surface area (Å²) < 4.78 is 16.0. The minimum absolute atomic E-state index is 0.0701. The van der Waals surface area contributed by atoms with Gasteiger partial charge in [-0.05, 0) is 67.9 Å². The Kier molecular flexibility index (Phi) is 7.95. The van der Waals surface area contributed by atoms with Crippen molar-refractivity contribution < 1.29 is 33.4 Å². The summed E-state index contributed by atoms with van der Waals surface area (Å²) in [6, 6.07) is 20.2. The van der Waals surface area contributed by atoms with Crippen molar-refractivity contribution in [3.63, 3.8) is 0 Å². The molecule has 3 aromatic rings. The quantitative estimate of drug-likeness (QED) is 0.250. The van der Waals surface area contributed by atoms with E-state index in [1.807, 2.05) is 30.3 Å². The molecule has 0 saturated heterocycles. The second-order valence-corrected chi connectivity index (χ2v) is 8.34. The number of nitrogens with one attached hydrogen (secondary N) is 1. The number of ether oxygens (including phenoxy) is 3. The number of nitrogens with zero attached hydrogens (tertiary/aromatic N) is 1. The maximum Gasteiger partial charge on any atom is 0.338 e. The Morgan fingerprint density at radius 3 is 2.27 bits per heavy atom. The van der Waals surface area contributed by atoms with E-state index >= 15 is 0 Å². The SMILES string of the molecule is COCCCN1C(=O)c2ccc(C(=O)O[C@H](C)C(=O)Nc3ccc(Oc4ccccc4)cc3)cc2C1=O. The number of hydrogen-bond acceptors (Lipinski definition) is 7. The van der Waals surface area contributed by atoms with Crippen LogP contribution in [0.5, 0.6) is 11.5 Å². The molecule has 9 heteroatoms. The molecule has 1 N–H and O–H groups in total. The molecule has 0 bridgehead atoms. The molecule has 0 aliphatic carbocycles. The summed E-state index contributed by atoms with van der Waals surface area (Å²) in [7, 11) is 1.54. The van der Waals surface area contributed by atoms with Gasteiger partial charge in [0.25, 0.3) is 17.7 Å². The summed E-state index contributed by atoms with van der Waals surface area (Å²) in [6.07, 6.45) is -0.601. The van der Waals surface area contributed by atoms with Crippen LogP contribution in [0.4, 0.5) is 5.69 Å². The van der Waals surface area contributed by atoms with Gasteiger partial charge in [-0.2, -0.15) is 0 Å². The number of amides is 3. The number of carbonyl (C=O) groups is 4. The third-order valence-corrected chi connectivity index (χ3v) is 5.69. The van der Waals surface area contributed by atoms with Gasteiger partial charge in [0, 0.05) is 25.9 Å². The average Bonchev–Trinajstić information content (AvgIpc) is 3.14. The number of anilines is 1. The molecule has 1 aliphatic rings. The lowest BCUT2D eigenvalue weighted by atomic mass is 10.1. The van der Waals surface area contributed by atoms with Crippen LogP contribution in [0.1, 0.15) is 44.4 Å². The first-order chi connectivity index (χ1) is 17.9. The zero-order valence-electron chi connectivity index (χ0n) is 20.4. The Balaban J connectivity index is 1.34. The Morgan fingerprint density at radius 2 is 1.57 bits per heavy atom. The normalized spacial score (nSPS) is 13.2. The van der Waals surface area contributed by atoms with Gasteiger partial charge in [-0.1, -0.05) is 18.2 Å². The number of fused-ring (bicyclic) bond motifs is 1. The summed E-state index contributed by atoms with van der Waals surface area (Å²) in [5.74, 6) is -0.904. The minimum Gasteiger partial charge on any atom is -0.457 e. The number of para-hydroxylation sites is 1. The molecular weight excluding hydrogens is 476 g/mol. The van der Waals surface area contributed by atoms with Crippen molar-refractivity contribution in [2.75, 3.05) is 25.6 Å². The van der Waals surface area contributed by atoms with Gasteiger partial charge < -0.3 is 19.5 Å². The van der Waals surface area contributed by atoms with E-state index in [2.05, 4.69) is 5.32 Å².